The number of nitrogens with zero attached hydrogens (tertiary/aromatic N) is 12. The molecule has 0 aliphatic carbocycles. The van der Waals surface area contributed by atoms with E-state index in [-0.39, 0.29) is 5.56 Å². The third kappa shape index (κ3) is 9.39. The van der Waals surface area contributed by atoms with Crippen molar-refractivity contribution in [3.8, 4) is 144 Å². The summed E-state index contributed by atoms with van der Waals surface area (Å²) < 4.78 is 4.14. The molecule has 11 aromatic carbocycles. The van der Waals surface area contributed by atoms with Crippen LogP contribution >= 0.6 is 0 Å². The van der Waals surface area contributed by atoms with Crippen molar-refractivity contribution in [2.45, 2.75) is 0 Å². The van der Waals surface area contributed by atoms with Crippen LogP contribution in [0.15, 0.2) is 231 Å². The third-order valence-electron chi connectivity index (χ3n) is 16.8. The number of hydrogen-bond acceptors (Lipinski definition) is 10. The van der Waals surface area contributed by atoms with Crippen molar-refractivity contribution in [1.29, 1.82) is 47.4 Å². The van der Waals surface area contributed by atoms with Gasteiger partial charge in [-0.25, -0.2) is 4.98 Å². The summed E-state index contributed by atoms with van der Waals surface area (Å²) in [6.45, 7) is 0. The van der Waals surface area contributed by atoms with Gasteiger partial charge in [0, 0.05) is 32.7 Å². The Hall–Kier alpha value is -14.4. The van der Waals surface area contributed by atoms with Crippen LogP contribution in [-0.2, 0) is 0 Å². The van der Waals surface area contributed by atoms with E-state index in [9.17, 15) is 47.4 Å². The molecule has 0 unspecified atom stereocenters. The molecule has 3 heterocycles. The molecular weight excluding hydrogens is 1130 g/mol. The molecule has 418 valence electrons. The van der Waals surface area contributed by atoms with Crippen LogP contribution < -0.4 is 0 Å². The molecule has 0 aliphatic heterocycles. The van der Waals surface area contributed by atoms with Gasteiger partial charge in [0.15, 0.2) is 0 Å². The zero-order chi connectivity index (χ0) is 63.1. The van der Waals surface area contributed by atoms with Crippen molar-refractivity contribution in [3.63, 3.8) is 0 Å². The molecule has 92 heavy (non-hydrogen) atoms. The van der Waals surface area contributed by atoms with Gasteiger partial charge in [-0.1, -0.05) is 109 Å². The van der Waals surface area contributed by atoms with Gasteiger partial charge in [0.1, 0.15) is 11.6 Å². The van der Waals surface area contributed by atoms with Gasteiger partial charge in [-0.3, -0.25) is 0 Å². The minimum absolute atomic E-state index is 0.281. The van der Waals surface area contributed by atoms with Crippen molar-refractivity contribution < 1.29 is 0 Å². The van der Waals surface area contributed by atoms with E-state index in [0.717, 1.165) is 43.8 Å². The molecule has 12 heteroatoms. The summed E-state index contributed by atoms with van der Waals surface area (Å²) in [5.41, 5.74) is 16.6. The average Bonchev–Trinajstić information content (AvgIpc) is 1.56. The third-order valence-corrected chi connectivity index (χ3v) is 16.8. The number of nitriles is 9. The normalized spacial score (nSPS) is 10.7. The van der Waals surface area contributed by atoms with Crippen LogP contribution in [0.5, 0.6) is 0 Å². The highest BCUT2D eigenvalue weighted by Gasteiger charge is 2.26. The first-order valence-electron chi connectivity index (χ1n) is 28.8. The number of pyridine rings is 1. The highest BCUT2D eigenvalue weighted by atomic mass is 15.0. The average molecular weight is 1170 g/mol. The Balaban J connectivity index is 1.12. The Morgan fingerprint density at radius 3 is 0.804 bits per heavy atom. The molecule has 0 saturated heterocycles. The standard InChI is InChI=1S/C80H38N12/c81-39-48-11-19-64(60(27-48)43-85)54-15-23-75-68(31-54)69-32-55(65-20-12-49(40-82)28-61(65)44-86)16-24-76(69)91(75)79-37-59(58-35-73(52-7-3-1-4-8-52)90-74(36-58)53-9-5-2-6-10-53)38-80(72(79)47-89)92-77-25-17-56(66-21-13-50(41-83)29-62(66)45-87)33-70(77)71-34-57(18-26-78(71)92)67-22-14-51(42-84)30-63(67)46-88/h1-38H. The van der Waals surface area contributed by atoms with Gasteiger partial charge in [0.2, 0.25) is 0 Å². The van der Waals surface area contributed by atoms with Crippen molar-refractivity contribution >= 4 is 43.6 Å². The maximum Gasteiger partial charge on any atom is 0.104 e. The van der Waals surface area contributed by atoms with Crippen molar-refractivity contribution in [2.24, 2.45) is 0 Å². The van der Waals surface area contributed by atoms with Gasteiger partial charge in [0.25, 0.3) is 0 Å². The summed E-state index contributed by atoms with van der Waals surface area (Å²) in [4.78, 5) is 5.26. The van der Waals surface area contributed by atoms with Crippen LogP contribution in [0, 0.1) is 102 Å². The molecule has 0 fully saturated rings. The van der Waals surface area contributed by atoms with Gasteiger partial charge < -0.3 is 9.13 Å². The van der Waals surface area contributed by atoms with Crippen molar-refractivity contribution in [1.82, 2.24) is 14.1 Å². The lowest BCUT2D eigenvalue weighted by Crippen LogP contribution is -2.05. The zero-order valence-corrected chi connectivity index (χ0v) is 48.3. The molecule has 0 aliphatic rings. The molecule has 0 radical (unpaired) electrons. The van der Waals surface area contributed by atoms with E-state index < -0.39 is 0 Å². The summed E-state index contributed by atoms with van der Waals surface area (Å²) in [7, 11) is 0. The summed E-state index contributed by atoms with van der Waals surface area (Å²) in [6.07, 6.45) is 0. The van der Waals surface area contributed by atoms with E-state index in [1.54, 1.807) is 72.8 Å². The lowest BCUT2D eigenvalue weighted by molar-refractivity contribution is 1.12. The monoisotopic (exact) mass is 1170 g/mol. The largest absolute Gasteiger partial charge is 0.308 e. The molecule has 0 spiro atoms. The Bertz CT molecular complexity index is 5330. The van der Waals surface area contributed by atoms with E-state index in [1.165, 1.54) is 0 Å². The fourth-order valence-corrected chi connectivity index (χ4v) is 12.5. The van der Waals surface area contributed by atoms with Crippen LogP contribution in [-0.4, -0.2) is 14.1 Å². The summed E-state index contributed by atoms with van der Waals surface area (Å²) >= 11 is 0. The maximum absolute atomic E-state index is 12.2. The Morgan fingerprint density at radius 2 is 0.533 bits per heavy atom. The van der Waals surface area contributed by atoms with Crippen molar-refractivity contribution in [2.75, 3.05) is 0 Å². The molecule has 0 saturated carbocycles. The second-order valence-corrected chi connectivity index (χ2v) is 21.9. The first-order valence-corrected chi connectivity index (χ1v) is 28.8. The predicted octanol–water partition coefficient (Wildman–Crippen LogP) is 17.8. The molecule has 3 aromatic heterocycles. The van der Waals surface area contributed by atoms with E-state index in [4.69, 9.17) is 4.98 Å². The van der Waals surface area contributed by atoms with Crippen molar-refractivity contribution in [3.05, 3.63) is 281 Å². The number of aromatic nitrogens is 3. The number of rotatable bonds is 9. The number of benzene rings is 11. The first kappa shape index (κ1) is 55.5. The van der Waals surface area contributed by atoms with Crippen LogP contribution in [0.25, 0.3) is 133 Å². The summed E-state index contributed by atoms with van der Waals surface area (Å²) in [6, 6.07) is 92.1. The minimum Gasteiger partial charge on any atom is -0.308 e. The fourth-order valence-electron chi connectivity index (χ4n) is 12.5. The molecular formula is C80H38N12. The Kier molecular flexibility index (Phi) is 13.7. The van der Waals surface area contributed by atoms with E-state index >= 15 is 0 Å². The zero-order valence-electron chi connectivity index (χ0n) is 48.3. The predicted molar refractivity (Wildman–Crippen MR) is 353 cm³/mol. The van der Waals surface area contributed by atoms with Gasteiger partial charge in [-0.05, 0) is 177 Å². The van der Waals surface area contributed by atoms with E-state index in [0.29, 0.717) is 134 Å². The van der Waals surface area contributed by atoms with E-state index in [2.05, 4.69) is 75.9 Å². The second-order valence-electron chi connectivity index (χ2n) is 21.9. The van der Waals surface area contributed by atoms with Gasteiger partial charge >= 0.3 is 0 Å². The lowest BCUT2D eigenvalue weighted by Gasteiger charge is -2.19. The van der Waals surface area contributed by atoms with Crippen LogP contribution in [0.2, 0.25) is 0 Å². The van der Waals surface area contributed by atoms with Gasteiger partial charge in [-0.15, -0.1) is 0 Å². The minimum atomic E-state index is 0.281. The van der Waals surface area contributed by atoms with Crippen LogP contribution in [0.1, 0.15) is 50.1 Å². The molecule has 0 atom stereocenters. The molecule has 0 bridgehead atoms. The summed E-state index contributed by atoms with van der Waals surface area (Å²) in [5.74, 6) is 0. The highest BCUT2D eigenvalue weighted by molar-refractivity contribution is 6.14. The molecule has 14 aromatic rings. The van der Waals surface area contributed by atoms with E-state index in [1.807, 2.05) is 146 Å². The SMILES string of the molecule is N#Cc1ccc(-c2ccc3c(c2)c2cc(-c4ccc(C#N)cc4C#N)ccc2n3-c2cc(-c3cc(-c4ccccc4)nc(-c4ccccc4)c3)cc(-n3c4ccc(-c5ccc(C#N)cc5C#N)cc4c4cc(-c5ccc(C#N)cc5C#N)ccc43)c2C#N)c(C#N)c1. The Labute approximate surface area is 527 Å². The van der Waals surface area contributed by atoms with Gasteiger partial charge in [0.05, 0.1) is 138 Å². The Morgan fingerprint density at radius 1 is 0.239 bits per heavy atom. The molecule has 0 N–H and O–H groups in total. The van der Waals surface area contributed by atoms with Crippen LogP contribution in [0.3, 0.4) is 0 Å². The molecule has 0 amide bonds. The quantitative estimate of drug-likeness (QED) is 0.132. The summed E-state index contributed by atoms with van der Waals surface area (Å²) in [5, 5.41) is 96.5. The highest BCUT2D eigenvalue weighted by Crippen LogP contribution is 2.45. The smallest absolute Gasteiger partial charge is 0.104 e. The topological polar surface area (TPSA) is 237 Å². The first-order chi connectivity index (χ1) is 45.2. The molecule has 14 rings (SSSR count). The number of fused-ring (bicyclic) bond motifs is 6. The lowest BCUT2D eigenvalue weighted by atomic mass is 9.95. The van der Waals surface area contributed by atoms with Crippen LogP contribution in [0.4, 0.5) is 0 Å². The molecule has 12 nitrogen and oxygen atoms in total. The van der Waals surface area contributed by atoms with Gasteiger partial charge in [-0.2, -0.15) is 47.4 Å². The number of hydrogen-bond donors (Lipinski definition) is 0. The maximum atomic E-state index is 12.2. The second kappa shape index (κ2) is 22.8. The fraction of sp³-hybridized carbons (Fsp3) is 0.